The second kappa shape index (κ2) is 8.13. The molecule has 0 unspecified atom stereocenters. The number of hydrogen-bond acceptors (Lipinski definition) is 8. The Hall–Kier alpha value is -3.68. The minimum absolute atomic E-state index is 0.0251. The molecule has 0 spiro atoms. The van der Waals surface area contributed by atoms with Gasteiger partial charge in [0.2, 0.25) is 11.9 Å². The van der Waals surface area contributed by atoms with Gasteiger partial charge in [0, 0.05) is 5.69 Å². The third kappa shape index (κ3) is 4.69. The van der Waals surface area contributed by atoms with Gasteiger partial charge in [0.15, 0.2) is 12.4 Å². The number of phenolic OH excluding ortho intramolecular Hbond substituents is 1. The van der Waals surface area contributed by atoms with Gasteiger partial charge in [-0.15, -0.1) is 0 Å². The van der Waals surface area contributed by atoms with E-state index in [0.717, 1.165) is 17.7 Å². The minimum atomic E-state index is -0.556. The number of aryl methyl sites for hydroxylation is 1. The fourth-order valence-electron chi connectivity index (χ4n) is 2.44. The Kier molecular flexibility index (Phi) is 5.46. The first-order valence-corrected chi connectivity index (χ1v) is 8.36. The van der Waals surface area contributed by atoms with Crippen molar-refractivity contribution < 1.29 is 14.6 Å². The van der Waals surface area contributed by atoms with Gasteiger partial charge < -0.3 is 20.9 Å². The highest BCUT2D eigenvalue weighted by Crippen LogP contribution is 2.19. The molecule has 0 saturated carbocycles. The molecule has 3 aromatic rings. The smallest absolute Gasteiger partial charge is 0.338 e. The highest BCUT2D eigenvalue weighted by atomic mass is 16.5. The number of aromatic nitrogens is 3. The number of nitrogens with two attached hydrogens (primary N) is 1. The van der Waals surface area contributed by atoms with E-state index >= 15 is 0 Å². The number of hydrogen-bond donors (Lipinski definition) is 3. The van der Waals surface area contributed by atoms with E-state index in [9.17, 15) is 9.90 Å². The van der Waals surface area contributed by atoms with Crippen LogP contribution in [-0.2, 0) is 17.8 Å². The first-order valence-electron chi connectivity index (χ1n) is 8.36. The van der Waals surface area contributed by atoms with Crippen LogP contribution in [0.2, 0.25) is 0 Å². The van der Waals surface area contributed by atoms with Crippen molar-refractivity contribution >= 4 is 23.6 Å². The summed E-state index contributed by atoms with van der Waals surface area (Å²) in [6.07, 6.45) is 0.848. The minimum Gasteiger partial charge on any atom is -0.508 e. The van der Waals surface area contributed by atoms with E-state index in [4.69, 9.17) is 10.5 Å². The van der Waals surface area contributed by atoms with Crippen molar-refractivity contribution in [3.05, 3.63) is 65.5 Å². The lowest BCUT2D eigenvalue weighted by Crippen LogP contribution is -2.11. The molecule has 0 saturated heterocycles. The fraction of sp³-hybridized carbons (Fsp3) is 0.158. The highest BCUT2D eigenvalue weighted by molar-refractivity contribution is 5.89. The van der Waals surface area contributed by atoms with Crippen LogP contribution in [-0.4, -0.2) is 26.0 Å². The third-order valence-corrected chi connectivity index (χ3v) is 3.78. The molecule has 8 nitrogen and oxygen atoms in total. The molecule has 0 bridgehead atoms. The summed E-state index contributed by atoms with van der Waals surface area (Å²) in [4.78, 5) is 24.4. The second-order valence-electron chi connectivity index (χ2n) is 5.69. The molecular weight excluding hydrogens is 346 g/mol. The monoisotopic (exact) mass is 365 g/mol. The molecule has 0 aliphatic rings. The average molecular weight is 365 g/mol. The molecule has 1 heterocycles. The van der Waals surface area contributed by atoms with Gasteiger partial charge in [-0.2, -0.15) is 15.0 Å². The lowest BCUT2D eigenvalue weighted by atomic mass is 10.1. The molecule has 0 aliphatic heterocycles. The molecule has 1 aromatic heterocycles. The maximum absolute atomic E-state index is 12.1. The maximum atomic E-state index is 12.1. The standard InChI is InChI=1S/C19H19N5O3/c1-2-12-5-3-4-6-15(12)21-19-23-16(22-18(20)24-19)11-27-17(26)13-7-9-14(25)10-8-13/h3-10,25H,2,11H2,1H3,(H3,20,21,22,23,24). The van der Waals surface area contributed by atoms with Crippen LogP contribution < -0.4 is 11.1 Å². The Balaban J connectivity index is 1.71. The number of nitrogen functional groups attached to an aromatic ring is 1. The molecule has 8 heteroatoms. The Morgan fingerprint density at radius 2 is 1.85 bits per heavy atom. The molecule has 0 atom stereocenters. The first kappa shape index (κ1) is 18.1. The summed E-state index contributed by atoms with van der Waals surface area (Å²) in [6, 6.07) is 13.5. The molecular formula is C19H19N5O3. The molecule has 2 aromatic carbocycles. The number of anilines is 3. The van der Waals surface area contributed by atoms with Gasteiger partial charge in [0.05, 0.1) is 5.56 Å². The topological polar surface area (TPSA) is 123 Å². The van der Waals surface area contributed by atoms with Crippen LogP contribution >= 0.6 is 0 Å². The van der Waals surface area contributed by atoms with Gasteiger partial charge in [0.1, 0.15) is 5.75 Å². The van der Waals surface area contributed by atoms with Crippen LogP contribution in [0.15, 0.2) is 48.5 Å². The number of para-hydroxylation sites is 1. The van der Waals surface area contributed by atoms with E-state index < -0.39 is 5.97 Å². The van der Waals surface area contributed by atoms with Crippen molar-refractivity contribution in [1.29, 1.82) is 0 Å². The van der Waals surface area contributed by atoms with E-state index in [-0.39, 0.29) is 30.1 Å². The number of rotatable bonds is 6. The van der Waals surface area contributed by atoms with Gasteiger partial charge in [-0.3, -0.25) is 0 Å². The molecule has 4 N–H and O–H groups in total. The zero-order valence-electron chi connectivity index (χ0n) is 14.7. The SMILES string of the molecule is CCc1ccccc1Nc1nc(N)nc(COC(=O)c2ccc(O)cc2)n1. The van der Waals surface area contributed by atoms with Crippen LogP contribution in [0, 0.1) is 0 Å². The number of aromatic hydroxyl groups is 1. The first-order chi connectivity index (χ1) is 13.0. The average Bonchev–Trinajstić information content (AvgIpc) is 2.67. The summed E-state index contributed by atoms with van der Waals surface area (Å²) in [7, 11) is 0. The Labute approximate surface area is 156 Å². The van der Waals surface area contributed by atoms with Crippen molar-refractivity contribution in [2.24, 2.45) is 0 Å². The van der Waals surface area contributed by atoms with Gasteiger partial charge in [0.25, 0.3) is 0 Å². The number of nitrogens with one attached hydrogen (secondary N) is 1. The van der Waals surface area contributed by atoms with Crippen molar-refractivity contribution in [2.75, 3.05) is 11.1 Å². The number of benzene rings is 2. The quantitative estimate of drug-likeness (QED) is 0.570. The number of ether oxygens (including phenoxy) is 1. The van der Waals surface area contributed by atoms with Crippen LogP contribution in [0.25, 0.3) is 0 Å². The summed E-state index contributed by atoms with van der Waals surface area (Å²) in [6.45, 7) is 1.90. The summed E-state index contributed by atoms with van der Waals surface area (Å²) >= 11 is 0. The van der Waals surface area contributed by atoms with Crippen LogP contribution in [0.4, 0.5) is 17.6 Å². The number of nitrogens with zero attached hydrogens (tertiary/aromatic N) is 3. The molecule has 0 radical (unpaired) electrons. The largest absolute Gasteiger partial charge is 0.508 e. The highest BCUT2D eigenvalue weighted by Gasteiger charge is 2.11. The van der Waals surface area contributed by atoms with Gasteiger partial charge in [-0.05, 0) is 42.3 Å². The summed E-state index contributed by atoms with van der Waals surface area (Å²) in [5, 5.41) is 12.4. The lowest BCUT2D eigenvalue weighted by Gasteiger charge is -2.11. The Bertz CT molecular complexity index is 944. The maximum Gasteiger partial charge on any atom is 0.338 e. The molecule has 138 valence electrons. The number of carbonyl (C=O) groups is 1. The zero-order chi connectivity index (χ0) is 19.2. The van der Waals surface area contributed by atoms with Crippen LogP contribution in [0.3, 0.4) is 0 Å². The van der Waals surface area contributed by atoms with E-state index in [2.05, 4.69) is 27.2 Å². The predicted molar refractivity (Wildman–Crippen MR) is 101 cm³/mol. The van der Waals surface area contributed by atoms with Crippen molar-refractivity contribution in [1.82, 2.24) is 15.0 Å². The zero-order valence-corrected chi connectivity index (χ0v) is 14.7. The normalized spacial score (nSPS) is 10.4. The van der Waals surface area contributed by atoms with Crippen molar-refractivity contribution in [3.8, 4) is 5.75 Å². The van der Waals surface area contributed by atoms with Gasteiger partial charge in [-0.25, -0.2) is 4.79 Å². The Morgan fingerprint density at radius 3 is 2.59 bits per heavy atom. The molecule has 27 heavy (non-hydrogen) atoms. The van der Waals surface area contributed by atoms with Crippen LogP contribution in [0.1, 0.15) is 28.7 Å². The Morgan fingerprint density at radius 1 is 1.11 bits per heavy atom. The van der Waals surface area contributed by atoms with Gasteiger partial charge >= 0.3 is 5.97 Å². The summed E-state index contributed by atoms with van der Waals surface area (Å²) in [5.41, 5.74) is 8.04. The van der Waals surface area contributed by atoms with E-state index in [1.807, 2.05) is 24.3 Å². The predicted octanol–water partition coefficient (Wildman–Crippen LogP) is 2.82. The second-order valence-corrected chi connectivity index (χ2v) is 5.69. The van der Waals surface area contributed by atoms with Crippen molar-refractivity contribution in [3.63, 3.8) is 0 Å². The third-order valence-electron chi connectivity index (χ3n) is 3.78. The fourth-order valence-corrected chi connectivity index (χ4v) is 2.44. The molecule has 0 amide bonds. The van der Waals surface area contributed by atoms with E-state index in [0.29, 0.717) is 5.56 Å². The summed E-state index contributed by atoms with van der Waals surface area (Å²) < 4.78 is 5.20. The lowest BCUT2D eigenvalue weighted by molar-refractivity contribution is 0.0462. The number of esters is 1. The van der Waals surface area contributed by atoms with Gasteiger partial charge in [-0.1, -0.05) is 25.1 Å². The molecule has 0 aliphatic carbocycles. The van der Waals surface area contributed by atoms with E-state index in [1.54, 1.807) is 0 Å². The molecule has 3 rings (SSSR count). The number of carbonyl (C=O) groups excluding carboxylic acids is 1. The molecule has 0 fully saturated rings. The number of phenols is 1. The van der Waals surface area contributed by atoms with Crippen LogP contribution in [0.5, 0.6) is 5.75 Å². The van der Waals surface area contributed by atoms with E-state index in [1.165, 1.54) is 24.3 Å². The van der Waals surface area contributed by atoms with Crippen molar-refractivity contribution in [2.45, 2.75) is 20.0 Å². The summed E-state index contributed by atoms with van der Waals surface area (Å²) in [5.74, 6) is 0.0436.